The maximum Gasteiger partial charge on any atom is 0.191 e. The van der Waals surface area contributed by atoms with Crippen LogP contribution in [0, 0.1) is 5.92 Å². The van der Waals surface area contributed by atoms with Gasteiger partial charge in [-0.05, 0) is 64.6 Å². The minimum Gasteiger partial charge on any atom is -0.497 e. The molecule has 0 atom stereocenters. The first kappa shape index (κ1) is 27.8. The lowest BCUT2D eigenvalue weighted by Crippen LogP contribution is -2.48. The number of hydrogen-bond acceptors (Lipinski definition) is 5. The quantitative estimate of drug-likeness (QED) is 0.265. The van der Waals surface area contributed by atoms with Crippen LogP contribution < -0.4 is 25.0 Å². The SMILES string of the molecule is CCNC(=NCCC1CCN(CC)CC1)NC1CCN(c2cc(OC)cc(OC)c2)CC1.I. The van der Waals surface area contributed by atoms with E-state index in [9.17, 15) is 0 Å². The van der Waals surface area contributed by atoms with E-state index in [-0.39, 0.29) is 24.0 Å². The third kappa shape index (κ3) is 8.70. The lowest BCUT2D eigenvalue weighted by molar-refractivity contribution is 0.188. The molecule has 2 fully saturated rings. The molecular weight excluding hydrogens is 529 g/mol. The Labute approximate surface area is 217 Å². The number of likely N-dealkylation sites (tertiary alicyclic amines) is 1. The summed E-state index contributed by atoms with van der Waals surface area (Å²) in [7, 11) is 3.40. The molecule has 1 aromatic rings. The summed E-state index contributed by atoms with van der Waals surface area (Å²) in [6.07, 6.45) is 6.00. The molecule has 0 aromatic heterocycles. The van der Waals surface area contributed by atoms with Gasteiger partial charge in [0.15, 0.2) is 5.96 Å². The fourth-order valence-electron chi connectivity index (χ4n) is 4.72. The zero-order valence-corrected chi connectivity index (χ0v) is 23.3. The third-order valence-corrected chi connectivity index (χ3v) is 6.84. The molecule has 3 rings (SSSR count). The molecule has 33 heavy (non-hydrogen) atoms. The van der Waals surface area contributed by atoms with E-state index in [0.29, 0.717) is 6.04 Å². The molecule has 0 aliphatic carbocycles. The lowest BCUT2D eigenvalue weighted by Gasteiger charge is -2.35. The molecule has 8 heteroatoms. The van der Waals surface area contributed by atoms with Crippen molar-refractivity contribution < 1.29 is 9.47 Å². The van der Waals surface area contributed by atoms with Crippen molar-refractivity contribution in [2.45, 2.75) is 52.0 Å². The molecule has 2 aliphatic heterocycles. The Morgan fingerprint density at radius 2 is 1.61 bits per heavy atom. The highest BCUT2D eigenvalue weighted by Crippen LogP contribution is 2.30. The number of anilines is 1. The van der Waals surface area contributed by atoms with Gasteiger partial charge in [0, 0.05) is 56.1 Å². The van der Waals surface area contributed by atoms with Crippen molar-refractivity contribution in [2.75, 3.05) is 64.9 Å². The van der Waals surface area contributed by atoms with Gasteiger partial charge in [-0.2, -0.15) is 0 Å². The fraction of sp³-hybridized carbons (Fsp3) is 0.720. The van der Waals surface area contributed by atoms with Crippen molar-refractivity contribution in [3.63, 3.8) is 0 Å². The van der Waals surface area contributed by atoms with Gasteiger partial charge < -0.3 is 29.9 Å². The van der Waals surface area contributed by atoms with Gasteiger partial charge in [-0.25, -0.2) is 0 Å². The van der Waals surface area contributed by atoms with E-state index in [0.717, 1.165) is 68.1 Å². The zero-order valence-electron chi connectivity index (χ0n) is 20.9. The Hall–Kier alpha value is -1.42. The number of methoxy groups -OCH3 is 2. The van der Waals surface area contributed by atoms with Crippen molar-refractivity contribution in [3.8, 4) is 11.5 Å². The second-order valence-electron chi connectivity index (χ2n) is 8.90. The molecule has 7 nitrogen and oxygen atoms in total. The Bertz CT molecular complexity index is 694. The summed E-state index contributed by atoms with van der Waals surface area (Å²) >= 11 is 0. The van der Waals surface area contributed by atoms with Crippen molar-refractivity contribution in [1.29, 1.82) is 0 Å². The van der Waals surface area contributed by atoms with Crippen LogP contribution in [0.15, 0.2) is 23.2 Å². The molecule has 2 aliphatic rings. The van der Waals surface area contributed by atoms with Crippen LogP contribution in [0.5, 0.6) is 11.5 Å². The van der Waals surface area contributed by atoms with Crippen LogP contribution in [0.4, 0.5) is 5.69 Å². The maximum absolute atomic E-state index is 5.44. The van der Waals surface area contributed by atoms with Crippen LogP contribution in [0.2, 0.25) is 0 Å². The van der Waals surface area contributed by atoms with Crippen molar-refractivity contribution >= 4 is 35.6 Å². The number of hydrogen-bond donors (Lipinski definition) is 2. The summed E-state index contributed by atoms with van der Waals surface area (Å²) in [5.41, 5.74) is 1.16. The number of halogens is 1. The van der Waals surface area contributed by atoms with E-state index in [1.807, 2.05) is 6.07 Å². The second kappa shape index (κ2) is 14.8. The summed E-state index contributed by atoms with van der Waals surface area (Å²) < 4.78 is 10.9. The van der Waals surface area contributed by atoms with E-state index in [4.69, 9.17) is 14.5 Å². The molecule has 0 spiro atoms. The minimum atomic E-state index is 0. The van der Waals surface area contributed by atoms with Gasteiger partial charge in [-0.15, -0.1) is 24.0 Å². The Morgan fingerprint density at radius 3 is 2.15 bits per heavy atom. The van der Waals surface area contributed by atoms with Gasteiger partial charge in [0.1, 0.15) is 11.5 Å². The van der Waals surface area contributed by atoms with Gasteiger partial charge in [-0.1, -0.05) is 6.92 Å². The lowest BCUT2D eigenvalue weighted by atomic mass is 9.94. The standard InChI is InChI=1S/C25H43N5O2.HI/c1-5-26-25(27-12-7-20-8-13-29(6-2)14-9-20)28-21-10-15-30(16-11-21)22-17-23(31-3)19-24(18-22)32-4;/h17-21H,5-16H2,1-4H3,(H2,26,27,28);1H. The van der Waals surface area contributed by atoms with Crippen molar-refractivity contribution in [2.24, 2.45) is 10.9 Å². The van der Waals surface area contributed by atoms with Crippen LogP contribution in [0.25, 0.3) is 0 Å². The number of nitrogens with zero attached hydrogens (tertiary/aromatic N) is 3. The topological polar surface area (TPSA) is 61.4 Å². The summed E-state index contributed by atoms with van der Waals surface area (Å²) in [5.74, 6) is 3.47. The number of ether oxygens (including phenoxy) is 2. The molecule has 188 valence electrons. The molecule has 2 N–H and O–H groups in total. The van der Waals surface area contributed by atoms with E-state index >= 15 is 0 Å². The van der Waals surface area contributed by atoms with Crippen LogP contribution in [0.3, 0.4) is 0 Å². The Kier molecular flexibility index (Phi) is 12.4. The Morgan fingerprint density at radius 1 is 0.970 bits per heavy atom. The Balaban J connectivity index is 0.00000385. The van der Waals surface area contributed by atoms with Crippen molar-refractivity contribution in [1.82, 2.24) is 15.5 Å². The van der Waals surface area contributed by atoms with Crippen LogP contribution in [-0.2, 0) is 0 Å². The van der Waals surface area contributed by atoms with Crippen LogP contribution >= 0.6 is 24.0 Å². The first-order valence-electron chi connectivity index (χ1n) is 12.4. The van der Waals surface area contributed by atoms with E-state index in [1.165, 1.54) is 38.9 Å². The number of guanidine groups is 1. The average molecular weight is 574 g/mol. The summed E-state index contributed by atoms with van der Waals surface area (Å²) in [6.45, 7) is 11.9. The number of nitrogens with one attached hydrogen (secondary N) is 2. The van der Waals surface area contributed by atoms with E-state index < -0.39 is 0 Å². The predicted octanol–water partition coefficient (Wildman–Crippen LogP) is 3.97. The third-order valence-electron chi connectivity index (χ3n) is 6.84. The molecular formula is C25H44IN5O2. The summed E-state index contributed by atoms with van der Waals surface area (Å²) in [6, 6.07) is 6.55. The van der Waals surface area contributed by atoms with E-state index in [1.54, 1.807) is 14.2 Å². The highest BCUT2D eigenvalue weighted by atomic mass is 127. The number of benzene rings is 1. The van der Waals surface area contributed by atoms with Gasteiger partial charge >= 0.3 is 0 Å². The predicted molar refractivity (Wildman–Crippen MR) is 149 cm³/mol. The molecule has 2 heterocycles. The van der Waals surface area contributed by atoms with Gasteiger partial charge in [0.2, 0.25) is 0 Å². The maximum atomic E-state index is 5.44. The first-order chi connectivity index (χ1) is 15.6. The van der Waals surface area contributed by atoms with Crippen molar-refractivity contribution in [3.05, 3.63) is 18.2 Å². The molecule has 0 amide bonds. The highest BCUT2D eigenvalue weighted by Gasteiger charge is 2.22. The normalized spacial score (nSPS) is 18.5. The van der Waals surface area contributed by atoms with Crippen LogP contribution in [0.1, 0.15) is 46.0 Å². The monoisotopic (exact) mass is 573 g/mol. The molecule has 0 radical (unpaired) electrons. The smallest absolute Gasteiger partial charge is 0.191 e. The van der Waals surface area contributed by atoms with E-state index in [2.05, 4.69) is 46.4 Å². The van der Waals surface area contributed by atoms with Gasteiger partial charge in [0.05, 0.1) is 14.2 Å². The van der Waals surface area contributed by atoms with Gasteiger partial charge in [0.25, 0.3) is 0 Å². The van der Waals surface area contributed by atoms with Crippen LogP contribution in [-0.4, -0.2) is 76.9 Å². The van der Waals surface area contributed by atoms with Gasteiger partial charge in [-0.3, -0.25) is 4.99 Å². The number of piperidine rings is 2. The fourth-order valence-corrected chi connectivity index (χ4v) is 4.72. The minimum absolute atomic E-state index is 0. The molecule has 0 unspecified atom stereocenters. The summed E-state index contributed by atoms with van der Waals surface area (Å²) in [5, 5.41) is 7.12. The first-order valence-corrected chi connectivity index (χ1v) is 12.4. The molecule has 0 bridgehead atoms. The summed E-state index contributed by atoms with van der Waals surface area (Å²) in [4.78, 5) is 9.87. The second-order valence-corrected chi connectivity index (χ2v) is 8.90. The average Bonchev–Trinajstić information content (AvgIpc) is 2.84. The molecule has 0 saturated carbocycles. The highest BCUT2D eigenvalue weighted by molar-refractivity contribution is 14.0. The molecule has 1 aromatic carbocycles. The largest absolute Gasteiger partial charge is 0.497 e. The number of rotatable bonds is 9. The number of aliphatic imine (C=N–C) groups is 1. The zero-order chi connectivity index (χ0) is 22.8. The molecule has 2 saturated heterocycles.